The lowest BCUT2D eigenvalue weighted by molar-refractivity contribution is 0.305. The fraction of sp³-hybridized carbons (Fsp3) is 0.235. The van der Waals surface area contributed by atoms with Crippen LogP contribution in [0, 0.1) is 11.6 Å². The molecular weight excluding hydrogens is 368 g/mol. The molecule has 0 bridgehead atoms. The molecule has 0 saturated carbocycles. The predicted octanol–water partition coefficient (Wildman–Crippen LogP) is 4.64. The van der Waals surface area contributed by atoms with Gasteiger partial charge in [-0.2, -0.15) is 0 Å². The summed E-state index contributed by atoms with van der Waals surface area (Å²) in [5.74, 6) is -0.721. The molecule has 0 N–H and O–H groups in total. The molecule has 2 aromatic carbocycles. The molecule has 120 valence electrons. The van der Waals surface area contributed by atoms with Gasteiger partial charge in [0.25, 0.3) is 0 Å². The smallest absolute Gasteiger partial charge is 0.222 e. The maximum atomic E-state index is 13.9. The van der Waals surface area contributed by atoms with Crippen LogP contribution in [0.25, 0.3) is 0 Å². The first-order chi connectivity index (χ1) is 11.1. The minimum Gasteiger partial charge on any atom is -0.493 e. The molecule has 1 atom stereocenters. The maximum absolute atomic E-state index is 13.9. The van der Waals surface area contributed by atoms with Crippen LogP contribution in [0.4, 0.5) is 8.78 Å². The van der Waals surface area contributed by atoms with Crippen LogP contribution >= 0.6 is 15.9 Å². The Balaban J connectivity index is 1.97. The highest BCUT2D eigenvalue weighted by Gasteiger charge is 2.28. The van der Waals surface area contributed by atoms with Crippen molar-refractivity contribution in [3.63, 3.8) is 0 Å². The molecule has 3 nitrogen and oxygen atoms in total. The second-order valence-corrected chi connectivity index (χ2v) is 5.89. The summed E-state index contributed by atoms with van der Waals surface area (Å²) in [6.45, 7) is 2.61. The van der Waals surface area contributed by atoms with Gasteiger partial charge >= 0.3 is 0 Å². The highest BCUT2D eigenvalue weighted by atomic mass is 79.9. The van der Waals surface area contributed by atoms with Gasteiger partial charge in [-0.15, -0.1) is 0 Å². The van der Waals surface area contributed by atoms with Crippen molar-refractivity contribution in [2.45, 2.75) is 13.0 Å². The van der Waals surface area contributed by atoms with Gasteiger partial charge in [-0.25, -0.2) is 13.8 Å². The van der Waals surface area contributed by atoms with Crippen molar-refractivity contribution < 1.29 is 18.3 Å². The zero-order chi connectivity index (χ0) is 16.4. The quantitative estimate of drug-likeness (QED) is 0.771. The molecule has 2 aromatic rings. The molecule has 1 unspecified atom stereocenters. The Bertz CT molecular complexity index is 744. The van der Waals surface area contributed by atoms with Gasteiger partial charge < -0.3 is 9.47 Å². The summed E-state index contributed by atoms with van der Waals surface area (Å²) in [5, 5.41) is 0. The Morgan fingerprint density at radius 3 is 2.70 bits per heavy atom. The number of nitrogens with zero attached hydrogens (tertiary/aromatic N) is 1. The third-order valence-corrected chi connectivity index (χ3v) is 3.96. The molecule has 0 fully saturated rings. The van der Waals surface area contributed by atoms with Crippen molar-refractivity contribution >= 4 is 21.8 Å². The standard InChI is InChI=1S/C17H14BrF2NO2/c1-2-22-15-8-10(18)6-7-11(15)14-9-23-17(21-14)16-12(19)4-3-5-13(16)20/h3-8,14H,2,9H2,1H3. The molecule has 0 aliphatic carbocycles. The Morgan fingerprint density at radius 2 is 2.00 bits per heavy atom. The van der Waals surface area contributed by atoms with E-state index in [1.807, 2.05) is 25.1 Å². The van der Waals surface area contributed by atoms with E-state index in [0.29, 0.717) is 12.4 Å². The first-order valence-electron chi connectivity index (χ1n) is 7.17. The van der Waals surface area contributed by atoms with Crippen molar-refractivity contribution in [2.75, 3.05) is 13.2 Å². The van der Waals surface area contributed by atoms with Crippen LogP contribution in [0.15, 0.2) is 45.9 Å². The van der Waals surface area contributed by atoms with Crippen LogP contribution in [0.1, 0.15) is 24.1 Å². The normalized spacial score (nSPS) is 16.9. The van der Waals surface area contributed by atoms with Gasteiger partial charge in [0.15, 0.2) is 0 Å². The molecule has 1 aliphatic rings. The van der Waals surface area contributed by atoms with Crippen molar-refractivity contribution in [2.24, 2.45) is 4.99 Å². The number of halogens is 3. The summed E-state index contributed by atoms with van der Waals surface area (Å²) in [7, 11) is 0. The Kier molecular flexibility index (Phi) is 4.61. The largest absolute Gasteiger partial charge is 0.493 e. The van der Waals surface area contributed by atoms with Crippen LogP contribution in [0.2, 0.25) is 0 Å². The van der Waals surface area contributed by atoms with Crippen LogP contribution in [0.3, 0.4) is 0 Å². The highest BCUT2D eigenvalue weighted by molar-refractivity contribution is 9.10. The molecule has 0 spiro atoms. The number of hydrogen-bond acceptors (Lipinski definition) is 3. The Labute approximate surface area is 141 Å². The summed E-state index contributed by atoms with van der Waals surface area (Å²) in [6.07, 6.45) is 0. The number of aliphatic imine (C=N–C) groups is 1. The molecule has 0 amide bonds. The molecule has 6 heteroatoms. The number of benzene rings is 2. The van der Waals surface area contributed by atoms with E-state index in [0.717, 1.165) is 10.0 Å². The van der Waals surface area contributed by atoms with Crippen molar-refractivity contribution in [1.82, 2.24) is 0 Å². The monoisotopic (exact) mass is 381 g/mol. The van der Waals surface area contributed by atoms with Crippen LogP contribution in [0.5, 0.6) is 5.75 Å². The molecule has 0 radical (unpaired) electrons. The fourth-order valence-corrected chi connectivity index (χ4v) is 2.78. The van der Waals surface area contributed by atoms with E-state index in [9.17, 15) is 8.78 Å². The molecule has 0 saturated heterocycles. The Morgan fingerprint density at radius 1 is 1.26 bits per heavy atom. The van der Waals surface area contributed by atoms with Crippen molar-refractivity contribution in [3.05, 3.63) is 63.6 Å². The molecule has 3 rings (SSSR count). The van der Waals surface area contributed by atoms with Gasteiger partial charge in [-0.05, 0) is 31.2 Å². The summed E-state index contributed by atoms with van der Waals surface area (Å²) < 4.78 is 39.6. The van der Waals surface area contributed by atoms with Gasteiger partial charge in [-0.1, -0.05) is 28.1 Å². The van der Waals surface area contributed by atoms with Gasteiger partial charge in [0, 0.05) is 10.0 Å². The van der Waals surface area contributed by atoms with Crippen molar-refractivity contribution in [3.8, 4) is 5.75 Å². The first kappa shape index (κ1) is 15.9. The second-order valence-electron chi connectivity index (χ2n) is 4.97. The molecule has 23 heavy (non-hydrogen) atoms. The van der Waals surface area contributed by atoms with E-state index in [1.54, 1.807) is 0 Å². The van der Waals surface area contributed by atoms with Crippen LogP contribution < -0.4 is 4.74 Å². The molecule has 1 heterocycles. The lowest BCUT2D eigenvalue weighted by atomic mass is 10.1. The number of hydrogen-bond donors (Lipinski definition) is 0. The van der Waals surface area contributed by atoms with Gasteiger partial charge in [0.1, 0.15) is 35.6 Å². The van der Waals surface area contributed by atoms with Gasteiger partial charge in [0.2, 0.25) is 5.90 Å². The number of rotatable bonds is 4. The molecular formula is C17H14BrF2NO2. The van der Waals surface area contributed by atoms with E-state index < -0.39 is 11.6 Å². The predicted molar refractivity (Wildman–Crippen MR) is 86.9 cm³/mol. The highest BCUT2D eigenvalue weighted by Crippen LogP contribution is 2.34. The summed E-state index contributed by atoms with van der Waals surface area (Å²) in [6, 6.07) is 8.89. The minimum atomic E-state index is -0.690. The second kappa shape index (κ2) is 6.66. The summed E-state index contributed by atoms with van der Waals surface area (Å²) >= 11 is 3.40. The summed E-state index contributed by atoms with van der Waals surface area (Å²) in [5.41, 5.74) is 0.590. The maximum Gasteiger partial charge on any atom is 0.222 e. The minimum absolute atomic E-state index is 0.0176. The van der Waals surface area contributed by atoms with Crippen LogP contribution in [-0.2, 0) is 4.74 Å². The lowest BCUT2D eigenvalue weighted by Gasteiger charge is -2.13. The van der Waals surface area contributed by atoms with E-state index in [-0.39, 0.29) is 24.1 Å². The lowest BCUT2D eigenvalue weighted by Crippen LogP contribution is -2.07. The third-order valence-electron chi connectivity index (χ3n) is 3.46. The summed E-state index contributed by atoms with van der Waals surface area (Å²) in [4.78, 5) is 4.34. The van der Waals surface area contributed by atoms with Gasteiger partial charge in [0.05, 0.1) is 6.61 Å². The fourth-order valence-electron chi connectivity index (χ4n) is 2.44. The van der Waals surface area contributed by atoms with E-state index in [1.165, 1.54) is 18.2 Å². The van der Waals surface area contributed by atoms with Gasteiger partial charge in [-0.3, -0.25) is 0 Å². The zero-order valence-electron chi connectivity index (χ0n) is 12.4. The van der Waals surface area contributed by atoms with E-state index >= 15 is 0 Å². The van der Waals surface area contributed by atoms with E-state index in [4.69, 9.17) is 9.47 Å². The average molecular weight is 382 g/mol. The first-order valence-corrected chi connectivity index (χ1v) is 7.96. The topological polar surface area (TPSA) is 30.8 Å². The molecule has 1 aliphatic heterocycles. The Hall–Kier alpha value is -1.95. The third kappa shape index (κ3) is 3.22. The molecule has 0 aromatic heterocycles. The SMILES string of the molecule is CCOc1cc(Br)ccc1C1COC(c2c(F)cccc2F)=N1. The zero-order valence-corrected chi connectivity index (χ0v) is 13.9. The van der Waals surface area contributed by atoms with Crippen LogP contribution in [-0.4, -0.2) is 19.1 Å². The number of ether oxygens (including phenoxy) is 2. The van der Waals surface area contributed by atoms with Crippen molar-refractivity contribution in [1.29, 1.82) is 0 Å². The average Bonchev–Trinajstić information content (AvgIpc) is 2.97. The van der Waals surface area contributed by atoms with E-state index in [2.05, 4.69) is 20.9 Å².